The standard InChI is InChI=1S/C24H29N5O9S2/c1-27-9-2-4-16(27)22(32)25-15-8-10-28(21(15)24(35)36)18(30)6-7-19(31)29-13-14(12-17(29)23(33)34)26-40(37,38)20-5-3-11-39-20/h2-5,9,11,14-15,17,21,26H,6-8,10,12-13H2,1H3,(H,25,32)(H,33,34)(H,35,36)/t14-,15-,17-,21-/m0/s1. The summed E-state index contributed by atoms with van der Waals surface area (Å²) in [5, 5.41) is 23.7. The molecular formula is C24H29N5O9S2. The number of aryl methyl sites for hydroxylation is 1. The highest BCUT2D eigenvalue weighted by atomic mass is 32.2. The van der Waals surface area contributed by atoms with Gasteiger partial charge in [-0.05, 0) is 36.4 Å². The van der Waals surface area contributed by atoms with E-state index in [1.165, 1.54) is 6.07 Å². The number of nitrogens with zero attached hydrogens (tertiary/aromatic N) is 3. The quantitative estimate of drug-likeness (QED) is 0.285. The molecule has 2 aromatic heterocycles. The van der Waals surface area contributed by atoms with Crippen LogP contribution in [0.5, 0.6) is 0 Å². The fourth-order valence-corrected chi connectivity index (χ4v) is 7.34. The molecular weight excluding hydrogens is 566 g/mol. The maximum atomic E-state index is 13.0. The lowest BCUT2D eigenvalue weighted by Gasteiger charge is -2.26. The third-order valence-electron chi connectivity index (χ3n) is 7.01. The van der Waals surface area contributed by atoms with E-state index >= 15 is 0 Å². The molecule has 2 aliphatic heterocycles. The predicted molar refractivity (Wildman–Crippen MR) is 140 cm³/mol. The van der Waals surface area contributed by atoms with E-state index in [2.05, 4.69) is 10.0 Å². The topological polar surface area (TPSA) is 195 Å². The number of sulfonamides is 1. The van der Waals surface area contributed by atoms with Crippen LogP contribution in [0.1, 0.15) is 36.2 Å². The fourth-order valence-electron chi connectivity index (χ4n) is 5.09. The maximum absolute atomic E-state index is 13.0. The van der Waals surface area contributed by atoms with Gasteiger partial charge >= 0.3 is 11.9 Å². The van der Waals surface area contributed by atoms with Crippen molar-refractivity contribution in [3.05, 3.63) is 41.5 Å². The van der Waals surface area contributed by atoms with Gasteiger partial charge in [0.2, 0.25) is 21.8 Å². The van der Waals surface area contributed by atoms with Gasteiger partial charge in [0.1, 0.15) is 22.0 Å². The molecule has 2 fully saturated rings. The van der Waals surface area contributed by atoms with E-state index in [9.17, 15) is 42.6 Å². The molecule has 0 radical (unpaired) electrons. The van der Waals surface area contributed by atoms with E-state index in [1.807, 2.05) is 0 Å². The molecule has 0 aliphatic carbocycles. The van der Waals surface area contributed by atoms with E-state index in [0.717, 1.165) is 21.1 Å². The highest BCUT2D eigenvalue weighted by Crippen LogP contribution is 2.25. The molecule has 4 N–H and O–H groups in total. The molecule has 4 heterocycles. The number of likely N-dealkylation sites (tertiary alicyclic amines) is 2. The van der Waals surface area contributed by atoms with Gasteiger partial charge < -0.3 is 29.9 Å². The minimum atomic E-state index is -3.89. The van der Waals surface area contributed by atoms with Crippen LogP contribution in [-0.4, -0.2) is 99.9 Å². The van der Waals surface area contributed by atoms with Crippen molar-refractivity contribution in [2.75, 3.05) is 13.1 Å². The van der Waals surface area contributed by atoms with Crippen molar-refractivity contribution in [3.8, 4) is 0 Å². The van der Waals surface area contributed by atoms with Gasteiger partial charge in [-0.3, -0.25) is 14.4 Å². The fraction of sp³-hybridized carbons (Fsp3) is 0.458. The molecule has 4 rings (SSSR count). The van der Waals surface area contributed by atoms with Crippen LogP contribution < -0.4 is 10.0 Å². The van der Waals surface area contributed by atoms with E-state index in [0.29, 0.717) is 5.69 Å². The number of carboxylic acid groups (broad SMARTS) is 2. The van der Waals surface area contributed by atoms with Crippen LogP contribution in [0.25, 0.3) is 0 Å². The van der Waals surface area contributed by atoms with Crippen LogP contribution in [0.15, 0.2) is 40.1 Å². The highest BCUT2D eigenvalue weighted by molar-refractivity contribution is 7.91. The second kappa shape index (κ2) is 11.8. The third kappa shape index (κ3) is 6.18. The Labute approximate surface area is 233 Å². The average Bonchev–Trinajstić information content (AvgIpc) is 3.68. The van der Waals surface area contributed by atoms with Crippen molar-refractivity contribution in [1.82, 2.24) is 24.4 Å². The van der Waals surface area contributed by atoms with Crippen molar-refractivity contribution in [2.45, 2.75) is 54.1 Å². The Morgan fingerprint density at radius 1 is 1.02 bits per heavy atom. The zero-order valence-corrected chi connectivity index (χ0v) is 23.1. The third-order valence-corrected chi connectivity index (χ3v) is 9.92. The van der Waals surface area contributed by atoms with Crippen molar-refractivity contribution in [3.63, 3.8) is 0 Å². The number of rotatable bonds is 10. The summed E-state index contributed by atoms with van der Waals surface area (Å²) in [5.41, 5.74) is 0.328. The molecule has 0 aromatic carbocycles. The van der Waals surface area contributed by atoms with Gasteiger partial charge in [0, 0.05) is 45.2 Å². The molecule has 14 nitrogen and oxygen atoms in total. The molecule has 2 saturated heterocycles. The van der Waals surface area contributed by atoms with Crippen LogP contribution in [0.4, 0.5) is 0 Å². The summed E-state index contributed by atoms with van der Waals surface area (Å²) in [5.74, 6) is -4.39. The molecule has 16 heteroatoms. The average molecular weight is 596 g/mol. The molecule has 2 aromatic rings. The second-order valence-electron chi connectivity index (χ2n) is 9.63. The summed E-state index contributed by atoms with van der Waals surface area (Å²) >= 11 is 1.00. The van der Waals surface area contributed by atoms with E-state index in [4.69, 9.17) is 0 Å². The Balaban J connectivity index is 1.36. The van der Waals surface area contributed by atoms with Gasteiger partial charge in [0.25, 0.3) is 5.91 Å². The Bertz CT molecular complexity index is 1410. The Kier molecular flexibility index (Phi) is 8.60. The van der Waals surface area contributed by atoms with Gasteiger partial charge in [0.15, 0.2) is 0 Å². The summed E-state index contributed by atoms with van der Waals surface area (Å²) in [7, 11) is -2.22. The number of thiophene rings is 1. The summed E-state index contributed by atoms with van der Waals surface area (Å²) in [4.78, 5) is 64.4. The number of carboxylic acids is 2. The predicted octanol–water partition coefficient (Wildman–Crippen LogP) is -0.317. The molecule has 2 aliphatic rings. The normalized spacial score (nSPS) is 22.8. The van der Waals surface area contributed by atoms with Crippen molar-refractivity contribution < 1.29 is 42.6 Å². The minimum absolute atomic E-state index is 0.0517. The number of hydrogen-bond donors (Lipinski definition) is 4. The smallest absolute Gasteiger partial charge is 0.328 e. The zero-order chi connectivity index (χ0) is 29.2. The summed E-state index contributed by atoms with van der Waals surface area (Å²) in [6.45, 7) is -0.139. The first-order valence-corrected chi connectivity index (χ1v) is 14.8. The largest absolute Gasteiger partial charge is 0.480 e. The van der Waals surface area contributed by atoms with Crippen molar-refractivity contribution >= 4 is 51.0 Å². The number of aromatic nitrogens is 1. The molecule has 216 valence electrons. The Hall–Kier alpha value is -3.76. The minimum Gasteiger partial charge on any atom is -0.480 e. The van der Waals surface area contributed by atoms with E-state index < -0.39 is 70.3 Å². The van der Waals surface area contributed by atoms with Crippen molar-refractivity contribution in [2.24, 2.45) is 7.05 Å². The molecule has 4 atom stereocenters. The van der Waals surface area contributed by atoms with Crippen LogP contribution in [0.2, 0.25) is 0 Å². The van der Waals surface area contributed by atoms with Crippen LogP contribution in [-0.2, 0) is 36.2 Å². The first-order chi connectivity index (χ1) is 18.9. The second-order valence-corrected chi connectivity index (χ2v) is 12.5. The lowest BCUT2D eigenvalue weighted by molar-refractivity contribution is -0.150. The van der Waals surface area contributed by atoms with E-state index in [-0.39, 0.29) is 36.6 Å². The van der Waals surface area contributed by atoms with Crippen LogP contribution in [0.3, 0.4) is 0 Å². The number of carbonyl (C=O) groups excluding carboxylic acids is 3. The number of carbonyl (C=O) groups is 5. The SMILES string of the molecule is Cn1cccc1C(=O)N[C@H]1CCN(C(=O)CCC(=O)N2C[C@@H](NS(=O)(=O)c3cccs3)C[C@H]2C(=O)O)[C@@H]1C(=O)O. The Morgan fingerprint density at radius 2 is 1.73 bits per heavy atom. The summed E-state index contributed by atoms with van der Waals surface area (Å²) < 4.78 is 29.2. The van der Waals surface area contributed by atoms with Crippen LogP contribution in [0, 0.1) is 0 Å². The number of hydrogen-bond acceptors (Lipinski definition) is 8. The summed E-state index contributed by atoms with van der Waals surface area (Å²) in [6.07, 6.45) is 0.953. The number of amides is 3. The molecule has 0 saturated carbocycles. The number of nitrogens with one attached hydrogen (secondary N) is 2. The monoisotopic (exact) mass is 595 g/mol. The lowest BCUT2D eigenvalue weighted by Crippen LogP contribution is -2.51. The first kappa shape index (κ1) is 29.2. The van der Waals surface area contributed by atoms with Crippen molar-refractivity contribution in [1.29, 1.82) is 0 Å². The summed E-state index contributed by atoms with van der Waals surface area (Å²) in [6, 6.07) is 1.93. The van der Waals surface area contributed by atoms with Gasteiger partial charge in [-0.25, -0.2) is 22.7 Å². The zero-order valence-electron chi connectivity index (χ0n) is 21.4. The Morgan fingerprint density at radius 3 is 2.30 bits per heavy atom. The lowest BCUT2D eigenvalue weighted by atomic mass is 10.1. The molecule has 0 bridgehead atoms. The molecule has 3 amide bonds. The first-order valence-electron chi connectivity index (χ1n) is 12.4. The molecule has 0 unspecified atom stereocenters. The van der Waals surface area contributed by atoms with Crippen LogP contribution >= 0.6 is 11.3 Å². The van der Waals surface area contributed by atoms with Gasteiger partial charge in [-0.15, -0.1) is 11.3 Å². The van der Waals surface area contributed by atoms with Gasteiger partial charge in [-0.2, -0.15) is 0 Å². The molecule has 0 spiro atoms. The van der Waals surface area contributed by atoms with Gasteiger partial charge in [0.05, 0.1) is 6.04 Å². The number of aliphatic carboxylic acids is 2. The maximum Gasteiger partial charge on any atom is 0.328 e. The molecule has 40 heavy (non-hydrogen) atoms. The van der Waals surface area contributed by atoms with Gasteiger partial charge in [-0.1, -0.05) is 6.07 Å². The van der Waals surface area contributed by atoms with E-state index in [1.54, 1.807) is 41.4 Å². The highest BCUT2D eigenvalue weighted by Gasteiger charge is 2.44.